The van der Waals surface area contributed by atoms with Crippen LogP contribution in [0.25, 0.3) is 10.9 Å². The molecule has 3 N–H and O–H groups in total. The number of amides is 1. The minimum absolute atomic E-state index is 0.194. The highest BCUT2D eigenvalue weighted by atomic mass is 16.1. The van der Waals surface area contributed by atoms with E-state index in [1.54, 1.807) is 12.1 Å². The van der Waals surface area contributed by atoms with E-state index in [9.17, 15) is 4.79 Å². The molecule has 1 aromatic carbocycles. The van der Waals surface area contributed by atoms with Gasteiger partial charge in [0.1, 0.15) is 5.82 Å². The van der Waals surface area contributed by atoms with Crippen LogP contribution in [-0.2, 0) is 6.42 Å². The number of nitrogens with one attached hydrogen (secondary N) is 3. The number of aromatic amines is 1. The molecule has 6 heteroatoms. The van der Waals surface area contributed by atoms with Gasteiger partial charge in [0.25, 0.3) is 5.91 Å². The predicted octanol–water partition coefficient (Wildman–Crippen LogP) is 2.50. The summed E-state index contributed by atoms with van der Waals surface area (Å²) in [6.07, 6.45) is 5.12. The molecule has 0 radical (unpaired) electrons. The molecule has 4 rings (SSSR count). The number of hydrogen-bond donors (Lipinski definition) is 3. The standard InChI is InChI=1S/C18H19N5O/c24-18(16-7-8-17(23-22-16)21-13-5-6-13)19-10-9-12-11-20-15-4-2-1-3-14(12)15/h1-4,7-8,11,13,20H,5-6,9-10H2,(H,19,24)(H,21,23). The van der Waals surface area contributed by atoms with Gasteiger partial charge in [0.15, 0.2) is 5.69 Å². The molecule has 1 aliphatic carbocycles. The molecule has 0 aliphatic heterocycles. The van der Waals surface area contributed by atoms with Gasteiger partial charge in [-0.05, 0) is 43.0 Å². The Morgan fingerprint density at radius 1 is 1.17 bits per heavy atom. The van der Waals surface area contributed by atoms with Crippen molar-refractivity contribution in [2.45, 2.75) is 25.3 Å². The first-order valence-electron chi connectivity index (χ1n) is 8.23. The lowest BCUT2D eigenvalue weighted by atomic mass is 10.1. The van der Waals surface area contributed by atoms with Crippen LogP contribution in [0.2, 0.25) is 0 Å². The summed E-state index contributed by atoms with van der Waals surface area (Å²) >= 11 is 0. The number of aromatic nitrogens is 3. The summed E-state index contributed by atoms with van der Waals surface area (Å²) in [6.45, 7) is 0.560. The summed E-state index contributed by atoms with van der Waals surface area (Å²) in [5.74, 6) is 0.535. The van der Waals surface area contributed by atoms with Crippen LogP contribution >= 0.6 is 0 Å². The zero-order chi connectivity index (χ0) is 16.4. The normalized spacial score (nSPS) is 13.8. The van der Waals surface area contributed by atoms with Crippen LogP contribution in [0.15, 0.2) is 42.6 Å². The second-order valence-electron chi connectivity index (χ2n) is 6.09. The molecular weight excluding hydrogens is 302 g/mol. The summed E-state index contributed by atoms with van der Waals surface area (Å²) in [7, 11) is 0. The molecule has 3 aromatic rings. The van der Waals surface area contributed by atoms with Gasteiger partial charge in [-0.15, -0.1) is 10.2 Å². The van der Waals surface area contributed by atoms with Crippen LogP contribution in [0.1, 0.15) is 28.9 Å². The van der Waals surface area contributed by atoms with Gasteiger partial charge in [0.05, 0.1) is 0 Å². The lowest BCUT2D eigenvalue weighted by molar-refractivity contribution is 0.0948. The number of nitrogens with zero attached hydrogens (tertiary/aromatic N) is 2. The van der Waals surface area contributed by atoms with Crippen molar-refractivity contribution in [3.63, 3.8) is 0 Å². The number of carbonyl (C=O) groups is 1. The maximum Gasteiger partial charge on any atom is 0.271 e. The minimum atomic E-state index is -0.194. The molecule has 0 atom stereocenters. The quantitative estimate of drug-likeness (QED) is 0.651. The van der Waals surface area contributed by atoms with Gasteiger partial charge in [0.2, 0.25) is 0 Å². The Kier molecular flexibility index (Phi) is 3.86. The number of carbonyl (C=O) groups excluding carboxylic acids is 1. The monoisotopic (exact) mass is 321 g/mol. The topological polar surface area (TPSA) is 82.7 Å². The number of benzene rings is 1. The highest BCUT2D eigenvalue weighted by molar-refractivity contribution is 5.92. The summed E-state index contributed by atoms with van der Waals surface area (Å²) in [4.78, 5) is 15.4. The van der Waals surface area contributed by atoms with E-state index >= 15 is 0 Å². The molecule has 24 heavy (non-hydrogen) atoms. The minimum Gasteiger partial charge on any atom is -0.366 e. The summed E-state index contributed by atoms with van der Waals surface area (Å²) < 4.78 is 0. The molecule has 1 amide bonds. The Hall–Kier alpha value is -2.89. The van der Waals surface area contributed by atoms with Crippen LogP contribution in [0.5, 0.6) is 0 Å². The van der Waals surface area contributed by atoms with Gasteiger partial charge in [0, 0.05) is 29.7 Å². The SMILES string of the molecule is O=C(NCCc1c[nH]c2ccccc12)c1ccc(NC2CC2)nn1. The average Bonchev–Trinajstić information content (AvgIpc) is 3.34. The van der Waals surface area contributed by atoms with E-state index in [4.69, 9.17) is 0 Å². The van der Waals surface area contributed by atoms with Crippen molar-refractivity contribution in [3.05, 3.63) is 53.9 Å². The molecule has 1 saturated carbocycles. The Bertz CT molecular complexity index is 851. The zero-order valence-corrected chi connectivity index (χ0v) is 13.2. The van der Waals surface area contributed by atoms with E-state index in [0.29, 0.717) is 18.3 Å². The summed E-state index contributed by atoms with van der Waals surface area (Å²) in [5.41, 5.74) is 2.65. The van der Waals surface area contributed by atoms with Crippen molar-refractivity contribution in [1.82, 2.24) is 20.5 Å². The third-order valence-electron chi connectivity index (χ3n) is 4.18. The van der Waals surface area contributed by atoms with Gasteiger partial charge >= 0.3 is 0 Å². The zero-order valence-electron chi connectivity index (χ0n) is 13.2. The molecule has 6 nitrogen and oxygen atoms in total. The van der Waals surface area contributed by atoms with Crippen molar-refractivity contribution in [2.24, 2.45) is 0 Å². The largest absolute Gasteiger partial charge is 0.366 e. The van der Waals surface area contributed by atoms with Gasteiger partial charge in [-0.25, -0.2) is 0 Å². The number of H-pyrrole nitrogens is 1. The third kappa shape index (κ3) is 3.22. The van der Waals surface area contributed by atoms with E-state index in [1.807, 2.05) is 24.4 Å². The van der Waals surface area contributed by atoms with E-state index in [-0.39, 0.29) is 5.91 Å². The fourth-order valence-corrected chi connectivity index (χ4v) is 2.71. The molecule has 2 aromatic heterocycles. The lowest BCUT2D eigenvalue weighted by Crippen LogP contribution is -2.26. The fraction of sp³-hybridized carbons (Fsp3) is 0.278. The lowest BCUT2D eigenvalue weighted by Gasteiger charge is -2.05. The maximum absolute atomic E-state index is 12.1. The molecule has 1 fully saturated rings. The predicted molar refractivity (Wildman–Crippen MR) is 93.0 cm³/mol. The second kappa shape index (κ2) is 6.31. The Morgan fingerprint density at radius 3 is 2.83 bits per heavy atom. The Morgan fingerprint density at radius 2 is 2.04 bits per heavy atom. The molecule has 122 valence electrons. The second-order valence-corrected chi connectivity index (χ2v) is 6.09. The number of hydrogen-bond acceptors (Lipinski definition) is 4. The molecule has 1 aliphatic rings. The smallest absolute Gasteiger partial charge is 0.271 e. The first-order valence-corrected chi connectivity index (χ1v) is 8.23. The number of anilines is 1. The fourth-order valence-electron chi connectivity index (χ4n) is 2.71. The molecule has 2 heterocycles. The van der Waals surface area contributed by atoms with Crippen LogP contribution in [0.3, 0.4) is 0 Å². The van der Waals surface area contributed by atoms with E-state index in [0.717, 1.165) is 17.8 Å². The average molecular weight is 321 g/mol. The molecular formula is C18H19N5O. The van der Waals surface area contributed by atoms with E-state index < -0.39 is 0 Å². The first-order chi connectivity index (χ1) is 11.8. The van der Waals surface area contributed by atoms with E-state index in [1.165, 1.54) is 23.8 Å². The van der Waals surface area contributed by atoms with Crippen LogP contribution in [0, 0.1) is 0 Å². The highest BCUT2D eigenvalue weighted by Crippen LogP contribution is 2.23. The van der Waals surface area contributed by atoms with Gasteiger partial charge in [-0.2, -0.15) is 0 Å². The number of para-hydroxylation sites is 1. The Balaban J connectivity index is 1.32. The van der Waals surface area contributed by atoms with Gasteiger partial charge in [-0.3, -0.25) is 4.79 Å². The number of rotatable bonds is 6. The van der Waals surface area contributed by atoms with Crippen molar-refractivity contribution < 1.29 is 4.79 Å². The van der Waals surface area contributed by atoms with Gasteiger partial charge < -0.3 is 15.6 Å². The molecule has 0 spiro atoms. The van der Waals surface area contributed by atoms with Gasteiger partial charge in [-0.1, -0.05) is 18.2 Å². The molecule has 0 unspecified atom stereocenters. The van der Waals surface area contributed by atoms with Crippen molar-refractivity contribution in [1.29, 1.82) is 0 Å². The summed E-state index contributed by atoms with van der Waals surface area (Å²) in [6, 6.07) is 12.2. The molecule has 0 bridgehead atoms. The van der Waals surface area contributed by atoms with Crippen LogP contribution in [0.4, 0.5) is 5.82 Å². The van der Waals surface area contributed by atoms with E-state index in [2.05, 4.69) is 31.9 Å². The summed E-state index contributed by atoms with van der Waals surface area (Å²) in [5, 5.41) is 15.4. The Labute approximate surface area is 139 Å². The third-order valence-corrected chi connectivity index (χ3v) is 4.18. The van der Waals surface area contributed by atoms with Crippen LogP contribution in [-0.4, -0.2) is 33.7 Å². The molecule has 0 saturated heterocycles. The number of fused-ring (bicyclic) bond motifs is 1. The van der Waals surface area contributed by atoms with Crippen LogP contribution < -0.4 is 10.6 Å². The van der Waals surface area contributed by atoms with Crippen molar-refractivity contribution >= 4 is 22.6 Å². The maximum atomic E-state index is 12.1. The highest BCUT2D eigenvalue weighted by Gasteiger charge is 2.21. The first kappa shape index (κ1) is 14.7. The van der Waals surface area contributed by atoms with Crippen molar-refractivity contribution in [2.75, 3.05) is 11.9 Å². The van der Waals surface area contributed by atoms with Crippen molar-refractivity contribution in [3.8, 4) is 0 Å².